The lowest BCUT2D eigenvalue weighted by Gasteiger charge is -2.42. The summed E-state index contributed by atoms with van der Waals surface area (Å²) in [4.78, 5) is 31.8. The van der Waals surface area contributed by atoms with Crippen LogP contribution >= 0.6 is 0 Å². The molecule has 27 heavy (non-hydrogen) atoms. The zero-order valence-electron chi connectivity index (χ0n) is 17.1. The van der Waals surface area contributed by atoms with Crippen LogP contribution in [0.5, 0.6) is 0 Å². The first-order valence-electron chi connectivity index (χ1n) is 10.3. The van der Waals surface area contributed by atoms with E-state index in [4.69, 9.17) is 0 Å². The highest BCUT2D eigenvalue weighted by molar-refractivity contribution is 5.83. The van der Waals surface area contributed by atoms with Gasteiger partial charge in [-0.2, -0.15) is 0 Å². The van der Waals surface area contributed by atoms with Crippen LogP contribution in [0.25, 0.3) is 0 Å². The molecule has 1 unspecified atom stereocenters. The summed E-state index contributed by atoms with van der Waals surface area (Å²) in [7, 11) is 0. The van der Waals surface area contributed by atoms with Crippen molar-refractivity contribution in [1.82, 2.24) is 14.7 Å². The Morgan fingerprint density at radius 1 is 0.815 bits per heavy atom. The zero-order valence-corrected chi connectivity index (χ0v) is 17.1. The highest BCUT2D eigenvalue weighted by Gasteiger charge is 2.35. The van der Waals surface area contributed by atoms with E-state index in [1.165, 1.54) is 11.1 Å². The summed E-state index contributed by atoms with van der Waals surface area (Å²) in [6, 6.07) is 8.46. The van der Waals surface area contributed by atoms with Gasteiger partial charge >= 0.3 is 0 Å². The molecular weight excluding hydrogens is 338 g/mol. The first-order valence-corrected chi connectivity index (χ1v) is 10.3. The van der Waals surface area contributed by atoms with Crippen LogP contribution in [-0.2, 0) is 22.6 Å². The van der Waals surface area contributed by atoms with Gasteiger partial charge in [0.1, 0.15) is 0 Å². The molecule has 0 bridgehead atoms. The Balaban J connectivity index is 1.66. The van der Waals surface area contributed by atoms with E-state index in [2.05, 4.69) is 43.0 Å². The number of carbonyl (C=O) groups excluding carboxylic acids is 2. The normalized spacial score (nSPS) is 19.3. The average molecular weight is 372 g/mol. The number of benzene rings is 1. The lowest BCUT2D eigenvalue weighted by molar-refractivity contribution is -0.145. The molecule has 2 aliphatic rings. The topological polar surface area (TPSA) is 43.9 Å². The van der Waals surface area contributed by atoms with Gasteiger partial charge in [-0.25, -0.2) is 0 Å². The third-order valence-electron chi connectivity index (χ3n) is 5.83. The molecule has 1 aromatic rings. The third-order valence-corrected chi connectivity index (χ3v) is 5.83. The number of rotatable bonds is 4. The van der Waals surface area contributed by atoms with Crippen molar-refractivity contribution in [3.8, 4) is 0 Å². The fraction of sp³-hybridized carbons (Fsp3) is 0.636. The third kappa shape index (κ3) is 4.34. The summed E-state index contributed by atoms with van der Waals surface area (Å²) in [5.74, 6) is 0.693. The predicted octanol–water partition coefficient (Wildman–Crippen LogP) is 2.40. The van der Waals surface area contributed by atoms with Crippen molar-refractivity contribution >= 4 is 11.8 Å². The van der Waals surface area contributed by atoms with E-state index in [9.17, 15) is 9.59 Å². The van der Waals surface area contributed by atoms with Crippen molar-refractivity contribution in [2.75, 3.05) is 32.7 Å². The Morgan fingerprint density at radius 2 is 1.37 bits per heavy atom. The highest BCUT2D eigenvalue weighted by Crippen LogP contribution is 2.24. The number of piperazine rings is 1. The molecule has 0 aliphatic carbocycles. The minimum atomic E-state index is -0.0919. The molecule has 0 saturated carbocycles. The molecule has 1 atom stereocenters. The number of hydrogen-bond acceptors (Lipinski definition) is 3. The van der Waals surface area contributed by atoms with E-state index >= 15 is 0 Å². The molecule has 0 aromatic heterocycles. The fourth-order valence-electron chi connectivity index (χ4n) is 4.32. The fourth-order valence-corrected chi connectivity index (χ4v) is 4.32. The van der Waals surface area contributed by atoms with Crippen LogP contribution in [0.1, 0.15) is 38.8 Å². The lowest BCUT2D eigenvalue weighted by atomic mass is 9.94. The molecule has 3 rings (SSSR count). The first kappa shape index (κ1) is 19.9. The van der Waals surface area contributed by atoms with Gasteiger partial charge in [0.05, 0.1) is 6.04 Å². The van der Waals surface area contributed by atoms with Crippen molar-refractivity contribution in [3.63, 3.8) is 0 Å². The number of amides is 2. The van der Waals surface area contributed by atoms with Gasteiger partial charge in [-0.05, 0) is 23.5 Å². The smallest absolute Gasteiger partial charge is 0.240 e. The van der Waals surface area contributed by atoms with Crippen LogP contribution in [0.3, 0.4) is 0 Å². The van der Waals surface area contributed by atoms with Gasteiger partial charge in [-0.15, -0.1) is 0 Å². The van der Waals surface area contributed by atoms with E-state index in [-0.39, 0.29) is 29.7 Å². The van der Waals surface area contributed by atoms with Gasteiger partial charge in [0.2, 0.25) is 11.8 Å². The van der Waals surface area contributed by atoms with Crippen LogP contribution in [0.4, 0.5) is 0 Å². The van der Waals surface area contributed by atoms with E-state index in [1.807, 2.05) is 23.6 Å². The summed E-state index contributed by atoms with van der Waals surface area (Å²) >= 11 is 0. The second kappa shape index (κ2) is 8.42. The highest BCUT2D eigenvalue weighted by atomic mass is 16.2. The molecule has 1 fully saturated rings. The number of carbonyl (C=O) groups is 2. The largest absolute Gasteiger partial charge is 0.339 e. The molecule has 5 heteroatoms. The minimum absolute atomic E-state index is 0.0177. The zero-order chi connectivity index (χ0) is 19.6. The Bertz CT molecular complexity index is 678. The molecule has 1 saturated heterocycles. The number of nitrogens with zero attached hydrogens (tertiary/aromatic N) is 3. The SMILES string of the molecule is CC(C)C(=O)N1CCN(C(=O)C(C(C)C)N2CCc3ccccc3C2)CC1. The maximum absolute atomic E-state index is 13.3. The van der Waals surface area contributed by atoms with Gasteiger partial charge in [0.25, 0.3) is 0 Å². The molecule has 0 spiro atoms. The van der Waals surface area contributed by atoms with Crippen LogP contribution in [0.2, 0.25) is 0 Å². The summed E-state index contributed by atoms with van der Waals surface area (Å²) in [6.07, 6.45) is 1.00. The number of hydrogen-bond donors (Lipinski definition) is 0. The summed E-state index contributed by atoms with van der Waals surface area (Å²) in [5.41, 5.74) is 2.75. The van der Waals surface area contributed by atoms with E-state index < -0.39 is 0 Å². The Hall–Kier alpha value is -1.88. The standard InChI is InChI=1S/C22H33N3O2/c1-16(2)20(25-10-9-18-7-5-6-8-19(18)15-25)22(27)24-13-11-23(12-14-24)21(26)17(3)4/h5-8,16-17,20H,9-15H2,1-4H3. The van der Waals surface area contributed by atoms with Crippen molar-refractivity contribution in [2.24, 2.45) is 11.8 Å². The molecule has 0 radical (unpaired) electrons. The Morgan fingerprint density at radius 3 is 1.93 bits per heavy atom. The monoisotopic (exact) mass is 371 g/mol. The van der Waals surface area contributed by atoms with Gasteiger partial charge in [0.15, 0.2) is 0 Å². The van der Waals surface area contributed by atoms with Crippen molar-refractivity contribution in [2.45, 2.75) is 46.7 Å². The van der Waals surface area contributed by atoms with E-state index in [1.54, 1.807) is 0 Å². The second-order valence-corrected chi connectivity index (χ2v) is 8.48. The van der Waals surface area contributed by atoms with E-state index in [0.717, 1.165) is 19.5 Å². The predicted molar refractivity (Wildman–Crippen MR) is 107 cm³/mol. The van der Waals surface area contributed by atoms with Gasteiger partial charge in [0, 0.05) is 45.2 Å². The molecule has 2 heterocycles. The quantitative estimate of drug-likeness (QED) is 0.816. The molecule has 0 N–H and O–H groups in total. The maximum Gasteiger partial charge on any atom is 0.240 e. The van der Waals surface area contributed by atoms with Crippen LogP contribution < -0.4 is 0 Å². The summed E-state index contributed by atoms with van der Waals surface area (Å²) in [6.45, 7) is 12.5. The van der Waals surface area contributed by atoms with Crippen LogP contribution in [0, 0.1) is 11.8 Å². The average Bonchev–Trinajstić information content (AvgIpc) is 2.67. The molecule has 2 amide bonds. The summed E-state index contributed by atoms with van der Waals surface area (Å²) in [5, 5.41) is 0. The molecule has 148 valence electrons. The van der Waals surface area contributed by atoms with Crippen LogP contribution in [0.15, 0.2) is 24.3 Å². The van der Waals surface area contributed by atoms with E-state index in [0.29, 0.717) is 26.2 Å². The Labute approximate surface area is 163 Å². The lowest BCUT2D eigenvalue weighted by Crippen LogP contribution is -2.58. The molecule has 1 aromatic carbocycles. The maximum atomic E-state index is 13.3. The van der Waals surface area contributed by atoms with Crippen molar-refractivity contribution in [3.05, 3.63) is 35.4 Å². The van der Waals surface area contributed by atoms with Gasteiger partial charge in [-0.1, -0.05) is 52.0 Å². The molecule has 2 aliphatic heterocycles. The van der Waals surface area contributed by atoms with Crippen LogP contribution in [-0.4, -0.2) is 65.3 Å². The summed E-state index contributed by atoms with van der Waals surface area (Å²) < 4.78 is 0. The van der Waals surface area contributed by atoms with Gasteiger partial charge < -0.3 is 9.80 Å². The second-order valence-electron chi connectivity index (χ2n) is 8.48. The molecule has 5 nitrogen and oxygen atoms in total. The minimum Gasteiger partial charge on any atom is -0.339 e. The van der Waals surface area contributed by atoms with Gasteiger partial charge in [-0.3, -0.25) is 14.5 Å². The first-order chi connectivity index (χ1) is 12.9. The molecular formula is C22H33N3O2. The number of fused-ring (bicyclic) bond motifs is 1. The Kier molecular flexibility index (Phi) is 6.20. The van der Waals surface area contributed by atoms with Crippen molar-refractivity contribution in [1.29, 1.82) is 0 Å². The van der Waals surface area contributed by atoms with Crippen molar-refractivity contribution < 1.29 is 9.59 Å².